The summed E-state index contributed by atoms with van der Waals surface area (Å²) in [4.78, 5) is 13.2. The van der Waals surface area contributed by atoms with Crippen molar-refractivity contribution in [3.05, 3.63) is 30.5 Å². The Morgan fingerprint density at radius 2 is 2.08 bits per heavy atom. The van der Waals surface area contributed by atoms with E-state index in [0.717, 1.165) is 17.8 Å². The van der Waals surface area contributed by atoms with E-state index in [0.29, 0.717) is 23.0 Å². The molecule has 0 aliphatic rings. The van der Waals surface area contributed by atoms with Gasteiger partial charge in [-0.1, -0.05) is 6.92 Å². The van der Waals surface area contributed by atoms with Crippen molar-refractivity contribution in [2.24, 2.45) is 0 Å². The molecule has 0 unspecified atom stereocenters. The van der Waals surface area contributed by atoms with Gasteiger partial charge >= 0.3 is 0 Å². The number of ether oxygens (including phenoxy) is 2. The van der Waals surface area contributed by atoms with Crippen molar-refractivity contribution in [2.45, 2.75) is 19.9 Å². The number of rotatable bonds is 6. The highest BCUT2D eigenvalue weighted by Gasteiger charge is 2.16. The maximum absolute atomic E-state index is 5.45. The van der Waals surface area contributed by atoms with Crippen LogP contribution >= 0.6 is 0 Å². The van der Waals surface area contributed by atoms with Crippen LogP contribution in [0.3, 0.4) is 0 Å². The van der Waals surface area contributed by atoms with Gasteiger partial charge in [-0.05, 0) is 19.5 Å². The van der Waals surface area contributed by atoms with Gasteiger partial charge in [0.1, 0.15) is 12.1 Å². The first-order valence-corrected chi connectivity index (χ1v) is 7.70. The molecular weight excluding hydrogens is 308 g/mol. The highest BCUT2D eigenvalue weighted by Crippen LogP contribution is 2.31. The smallest absolute Gasteiger partial charge is 0.260 e. The molecule has 3 aromatic rings. The van der Waals surface area contributed by atoms with Crippen molar-refractivity contribution in [3.8, 4) is 22.9 Å². The van der Waals surface area contributed by atoms with Crippen molar-refractivity contribution in [1.82, 2.24) is 29.9 Å². The molecule has 0 fully saturated rings. The summed E-state index contributed by atoms with van der Waals surface area (Å²) in [6, 6.07) is 2.09. The molecule has 3 heterocycles. The van der Waals surface area contributed by atoms with Crippen molar-refractivity contribution < 1.29 is 9.47 Å². The van der Waals surface area contributed by atoms with Crippen molar-refractivity contribution in [2.75, 3.05) is 20.8 Å². The predicted molar refractivity (Wildman–Crippen MR) is 89.2 cm³/mol. The molecule has 0 bridgehead atoms. The van der Waals surface area contributed by atoms with Crippen molar-refractivity contribution in [3.63, 3.8) is 0 Å². The minimum absolute atomic E-state index is 0.122. The molecule has 24 heavy (non-hydrogen) atoms. The Morgan fingerprint density at radius 1 is 1.25 bits per heavy atom. The topological polar surface area (TPSA) is 86.5 Å². The van der Waals surface area contributed by atoms with Crippen LogP contribution < -0.4 is 14.8 Å². The van der Waals surface area contributed by atoms with Gasteiger partial charge in [-0.15, -0.1) is 0 Å². The average Bonchev–Trinajstić information content (AvgIpc) is 3.09. The molecule has 1 atom stereocenters. The van der Waals surface area contributed by atoms with E-state index in [1.807, 2.05) is 6.07 Å². The molecule has 0 aromatic carbocycles. The summed E-state index contributed by atoms with van der Waals surface area (Å²) < 4.78 is 12.4. The second kappa shape index (κ2) is 6.79. The van der Waals surface area contributed by atoms with Gasteiger partial charge in [0.05, 0.1) is 38.0 Å². The number of hydrogen-bond acceptors (Lipinski definition) is 7. The van der Waals surface area contributed by atoms with E-state index in [1.165, 1.54) is 6.33 Å². The summed E-state index contributed by atoms with van der Waals surface area (Å²) in [5, 5.41) is 7.52. The summed E-state index contributed by atoms with van der Waals surface area (Å²) in [5.74, 6) is 1.04. The second-order valence-electron chi connectivity index (χ2n) is 5.25. The Kier molecular flexibility index (Phi) is 4.57. The number of hydrogen-bond donors (Lipinski definition) is 1. The molecule has 0 aliphatic heterocycles. The SMILES string of the molecule is CCN[C@H](C)c1cc(-c2cn3ncnc3c(OC)n2)c(OC)cn1. The van der Waals surface area contributed by atoms with Crippen LogP contribution in [-0.2, 0) is 0 Å². The number of aromatic nitrogens is 5. The Bertz CT molecular complexity index is 848. The average molecular weight is 328 g/mol. The van der Waals surface area contributed by atoms with E-state index in [1.54, 1.807) is 31.1 Å². The number of nitrogens with zero attached hydrogens (tertiary/aromatic N) is 5. The zero-order chi connectivity index (χ0) is 17.1. The molecule has 126 valence electrons. The lowest BCUT2D eigenvalue weighted by molar-refractivity contribution is 0.399. The van der Waals surface area contributed by atoms with E-state index < -0.39 is 0 Å². The van der Waals surface area contributed by atoms with Crippen LogP contribution in [0.25, 0.3) is 16.9 Å². The van der Waals surface area contributed by atoms with Crippen molar-refractivity contribution >= 4 is 5.65 Å². The van der Waals surface area contributed by atoms with Gasteiger partial charge in [0.15, 0.2) is 0 Å². The molecule has 3 aromatic heterocycles. The molecule has 0 saturated carbocycles. The van der Waals surface area contributed by atoms with Gasteiger partial charge in [0.25, 0.3) is 5.88 Å². The maximum atomic E-state index is 5.45. The summed E-state index contributed by atoms with van der Waals surface area (Å²) in [7, 11) is 3.17. The van der Waals surface area contributed by atoms with Crippen LogP contribution in [-0.4, -0.2) is 45.3 Å². The van der Waals surface area contributed by atoms with E-state index in [-0.39, 0.29) is 6.04 Å². The molecule has 0 spiro atoms. The van der Waals surface area contributed by atoms with E-state index in [9.17, 15) is 0 Å². The van der Waals surface area contributed by atoms with Crippen LogP contribution in [0.15, 0.2) is 24.8 Å². The standard InChI is InChI=1S/C16H20N6O2/c1-5-17-10(2)12-6-11(14(23-3)7-18-12)13-8-22-15(19-9-20-22)16(21-13)24-4/h6-10,17H,5H2,1-4H3/t10-/m1/s1. The summed E-state index contributed by atoms with van der Waals surface area (Å²) in [6.45, 7) is 4.99. The zero-order valence-corrected chi connectivity index (χ0v) is 14.1. The van der Waals surface area contributed by atoms with Gasteiger partial charge in [-0.25, -0.2) is 14.5 Å². The van der Waals surface area contributed by atoms with E-state index in [2.05, 4.69) is 39.2 Å². The number of methoxy groups -OCH3 is 2. The Labute approximate surface area is 139 Å². The van der Waals surface area contributed by atoms with Crippen LogP contribution in [0, 0.1) is 0 Å². The third-order valence-electron chi connectivity index (χ3n) is 3.76. The summed E-state index contributed by atoms with van der Waals surface area (Å²) >= 11 is 0. The third kappa shape index (κ3) is 2.88. The summed E-state index contributed by atoms with van der Waals surface area (Å²) in [5.41, 5.74) is 2.97. The van der Waals surface area contributed by atoms with Crippen LogP contribution in [0.5, 0.6) is 11.6 Å². The first-order valence-electron chi connectivity index (χ1n) is 7.70. The lowest BCUT2D eigenvalue weighted by atomic mass is 10.1. The van der Waals surface area contributed by atoms with E-state index >= 15 is 0 Å². The molecular formula is C16H20N6O2. The number of nitrogens with one attached hydrogen (secondary N) is 1. The van der Waals surface area contributed by atoms with Gasteiger partial charge in [-0.3, -0.25) is 4.98 Å². The highest BCUT2D eigenvalue weighted by molar-refractivity contribution is 5.68. The van der Waals surface area contributed by atoms with Gasteiger partial charge < -0.3 is 14.8 Å². The zero-order valence-electron chi connectivity index (χ0n) is 14.1. The number of fused-ring (bicyclic) bond motifs is 1. The summed E-state index contributed by atoms with van der Waals surface area (Å²) in [6.07, 6.45) is 4.97. The minimum Gasteiger partial charge on any atom is -0.494 e. The molecule has 0 aliphatic carbocycles. The second-order valence-corrected chi connectivity index (χ2v) is 5.25. The highest BCUT2D eigenvalue weighted by atomic mass is 16.5. The lowest BCUT2D eigenvalue weighted by Gasteiger charge is -2.15. The Balaban J connectivity index is 2.14. The molecule has 3 rings (SSSR count). The quantitative estimate of drug-likeness (QED) is 0.739. The fraction of sp³-hybridized carbons (Fsp3) is 0.375. The molecule has 0 saturated heterocycles. The monoisotopic (exact) mass is 328 g/mol. The fourth-order valence-corrected chi connectivity index (χ4v) is 2.54. The number of pyridine rings is 1. The molecule has 0 amide bonds. The minimum atomic E-state index is 0.122. The Hall–Kier alpha value is -2.74. The third-order valence-corrected chi connectivity index (χ3v) is 3.76. The fourth-order valence-electron chi connectivity index (χ4n) is 2.54. The lowest BCUT2D eigenvalue weighted by Crippen LogP contribution is -2.18. The molecule has 1 N–H and O–H groups in total. The molecule has 0 radical (unpaired) electrons. The molecule has 8 heteroatoms. The van der Waals surface area contributed by atoms with Gasteiger partial charge in [0.2, 0.25) is 5.65 Å². The Morgan fingerprint density at radius 3 is 2.79 bits per heavy atom. The largest absolute Gasteiger partial charge is 0.494 e. The molecule has 8 nitrogen and oxygen atoms in total. The van der Waals surface area contributed by atoms with Crippen molar-refractivity contribution in [1.29, 1.82) is 0 Å². The maximum Gasteiger partial charge on any atom is 0.260 e. The first-order chi connectivity index (χ1) is 11.7. The van der Waals surface area contributed by atoms with Crippen LogP contribution in [0.2, 0.25) is 0 Å². The first kappa shape index (κ1) is 16.1. The predicted octanol–water partition coefficient (Wildman–Crippen LogP) is 1.87. The van der Waals surface area contributed by atoms with Gasteiger partial charge in [0, 0.05) is 11.6 Å². The van der Waals surface area contributed by atoms with Crippen LogP contribution in [0.4, 0.5) is 0 Å². The normalized spacial score (nSPS) is 12.3. The van der Waals surface area contributed by atoms with Gasteiger partial charge in [-0.2, -0.15) is 5.10 Å². The van der Waals surface area contributed by atoms with E-state index in [4.69, 9.17) is 9.47 Å². The van der Waals surface area contributed by atoms with Crippen LogP contribution in [0.1, 0.15) is 25.6 Å².